The molecule has 4 aromatic rings. The summed E-state index contributed by atoms with van der Waals surface area (Å²) in [5, 5.41) is 12.1. The van der Waals surface area contributed by atoms with Crippen molar-refractivity contribution in [1.29, 1.82) is 0 Å². The van der Waals surface area contributed by atoms with Crippen LogP contribution in [0.15, 0.2) is 76.4 Å². The van der Waals surface area contributed by atoms with E-state index in [1.54, 1.807) is 37.5 Å². The van der Waals surface area contributed by atoms with Gasteiger partial charge in [0.05, 0.1) is 53.3 Å². The van der Waals surface area contributed by atoms with Gasteiger partial charge in [-0.15, -0.1) is 11.8 Å². The lowest BCUT2D eigenvalue weighted by molar-refractivity contribution is 0.413. The largest absolute Gasteiger partial charge is 0.496 e. The van der Waals surface area contributed by atoms with Crippen LogP contribution in [0.4, 0.5) is 11.4 Å². The van der Waals surface area contributed by atoms with Crippen molar-refractivity contribution in [1.82, 2.24) is 20.2 Å². The molecule has 4 N–H and O–H groups in total. The van der Waals surface area contributed by atoms with E-state index in [9.17, 15) is 0 Å². The summed E-state index contributed by atoms with van der Waals surface area (Å²) in [4.78, 5) is 14.2. The third-order valence-corrected chi connectivity index (χ3v) is 7.98. The molecule has 1 aliphatic rings. The molecule has 10 heteroatoms. The van der Waals surface area contributed by atoms with Crippen LogP contribution in [0.3, 0.4) is 0 Å². The molecule has 0 aliphatic carbocycles. The summed E-state index contributed by atoms with van der Waals surface area (Å²) in [5.74, 6) is 1.84. The number of anilines is 1. The van der Waals surface area contributed by atoms with Crippen molar-refractivity contribution >= 4 is 57.6 Å². The monoisotopic (exact) mass is 559 g/mol. The number of rotatable bonds is 10. The van der Waals surface area contributed by atoms with E-state index < -0.39 is 0 Å². The van der Waals surface area contributed by atoms with Crippen LogP contribution in [0.5, 0.6) is 5.75 Å². The second-order valence-corrected chi connectivity index (χ2v) is 10.7. The summed E-state index contributed by atoms with van der Waals surface area (Å²) in [5.41, 5.74) is 13.9. The van der Waals surface area contributed by atoms with Crippen molar-refractivity contribution in [3.05, 3.63) is 87.6 Å². The van der Waals surface area contributed by atoms with Gasteiger partial charge < -0.3 is 15.8 Å². The number of benzene rings is 2. The fourth-order valence-electron chi connectivity index (χ4n) is 4.44. The summed E-state index contributed by atoms with van der Waals surface area (Å²) in [6.07, 6.45) is 10.2. The molecule has 5 rings (SSSR count). The highest BCUT2D eigenvalue weighted by Gasteiger charge is 2.23. The number of aromatic amines is 1. The molecule has 0 radical (unpaired) electrons. The van der Waals surface area contributed by atoms with Crippen LogP contribution < -0.4 is 15.8 Å². The Kier molecular flexibility index (Phi) is 8.18. The molecule has 0 saturated carbocycles. The molecule has 2 aromatic heterocycles. The van der Waals surface area contributed by atoms with Crippen LogP contribution in [-0.4, -0.2) is 39.2 Å². The van der Waals surface area contributed by atoms with E-state index in [1.807, 2.05) is 43.5 Å². The molecule has 200 valence electrons. The predicted octanol–water partition coefficient (Wildman–Crippen LogP) is 6.75. The topological polar surface area (TPSA) is 114 Å². The molecule has 1 atom stereocenters. The highest BCUT2D eigenvalue weighted by atomic mass is 35.5. The number of thioether (sulfide) groups is 1. The van der Waals surface area contributed by atoms with Gasteiger partial charge in [-0.3, -0.25) is 10.1 Å². The van der Waals surface area contributed by atoms with Gasteiger partial charge in [0.15, 0.2) is 0 Å². The Morgan fingerprint density at radius 2 is 2.05 bits per heavy atom. The number of nitrogens with zero attached hydrogens (tertiary/aromatic N) is 4. The average Bonchev–Trinajstić information content (AvgIpc) is 3.70. The molecular formula is C29H30ClN7OS. The molecule has 1 fully saturated rings. The Labute approximate surface area is 236 Å². The maximum absolute atomic E-state index is 6.67. The number of nitrogens with one attached hydrogen (secondary N) is 2. The second-order valence-electron chi connectivity index (χ2n) is 9.30. The van der Waals surface area contributed by atoms with Crippen molar-refractivity contribution in [3.8, 4) is 5.75 Å². The van der Waals surface area contributed by atoms with E-state index >= 15 is 0 Å². The molecule has 1 unspecified atom stereocenters. The molecule has 1 aliphatic heterocycles. The number of methoxy groups -OCH3 is 1. The number of hydrogen-bond acceptors (Lipinski definition) is 8. The summed E-state index contributed by atoms with van der Waals surface area (Å²) in [6, 6.07) is 9.98. The van der Waals surface area contributed by atoms with Crippen molar-refractivity contribution in [3.63, 3.8) is 0 Å². The minimum absolute atomic E-state index is 0.133. The number of allylic oxidation sites excluding steroid dienone is 2. The van der Waals surface area contributed by atoms with Crippen LogP contribution >= 0.6 is 23.4 Å². The van der Waals surface area contributed by atoms with Gasteiger partial charge in [-0.05, 0) is 49.1 Å². The van der Waals surface area contributed by atoms with Crippen molar-refractivity contribution in [2.24, 2.45) is 16.6 Å². The Morgan fingerprint density at radius 1 is 1.26 bits per heavy atom. The van der Waals surface area contributed by atoms with Gasteiger partial charge in [0.2, 0.25) is 0 Å². The van der Waals surface area contributed by atoms with Gasteiger partial charge in [-0.25, -0.2) is 9.97 Å². The molecule has 2 aromatic carbocycles. The molecule has 8 nitrogen and oxygen atoms in total. The zero-order valence-corrected chi connectivity index (χ0v) is 23.6. The number of fused-ring (bicyclic) bond motifs is 1. The van der Waals surface area contributed by atoms with Gasteiger partial charge in [-0.1, -0.05) is 24.6 Å². The lowest BCUT2D eigenvalue weighted by Crippen LogP contribution is -2.16. The fraction of sp³-hybridized carbons (Fsp3) is 0.241. The van der Waals surface area contributed by atoms with Crippen LogP contribution in [0, 0.1) is 5.92 Å². The number of aromatic nitrogens is 4. The third kappa shape index (κ3) is 6.10. The number of aliphatic imine (C=N–C) groups is 1. The number of ether oxygens (including phenoxy) is 1. The first kappa shape index (κ1) is 26.8. The smallest absolute Gasteiger partial charge is 0.130 e. The molecule has 0 bridgehead atoms. The van der Waals surface area contributed by atoms with E-state index in [4.69, 9.17) is 27.1 Å². The minimum atomic E-state index is 0.133. The summed E-state index contributed by atoms with van der Waals surface area (Å²) in [7, 11) is 1.67. The van der Waals surface area contributed by atoms with Crippen LogP contribution in [0.25, 0.3) is 16.6 Å². The van der Waals surface area contributed by atoms with Crippen LogP contribution in [0.2, 0.25) is 5.02 Å². The molecule has 39 heavy (non-hydrogen) atoms. The SMILES string of the molecule is CCC(Cc1ccc2[nH]ncc2c1Cl)/C(N)=C(\C)C=Nc1ccc(/C(Nc2cncnc2)=C2\CS2)c(OC)c1. The van der Waals surface area contributed by atoms with Crippen molar-refractivity contribution < 1.29 is 4.74 Å². The lowest BCUT2D eigenvalue weighted by atomic mass is 9.91. The zero-order chi connectivity index (χ0) is 27.4. The standard InChI is InChI=1S/C29H30ClN7OS/c1-4-18(9-19-5-8-24-23(27(19)30)14-35-37-24)28(31)17(2)11-34-20-6-7-22(25(10-20)38-3)29(26-15-39-26)36-21-12-32-16-33-13-21/h5-8,10-14,16,18,36H,4,9,15,31H2,1-3H3,(H,35,37)/b28-17-,29-26-,34-11?. The maximum Gasteiger partial charge on any atom is 0.130 e. The van der Waals surface area contributed by atoms with E-state index in [2.05, 4.69) is 32.4 Å². The maximum atomic E-state index is 6.67. The molecule has 1 saturated heterocycles. The fourth-order valence-corrected chi connectivity index (χ4v) is 5.25. The Hall–Kier alpha value is -3.82. The normalized spacial score (nSPS) is 15.8. The van der Waals surface area contributed by atoms with Crippen LogP contribution in [-0.2, 0) is 6.42 Å². The highest BCUT2D eigenvalue weighted by molar-refractivity contribution is 8.11. The lowest BCUT2D eigenvalue weighted by Gasteiger charge is -2.18. The number of nitrogens with two attached hydrogens (primary N) is 1. The van der Waals surface area contributed by atoms with E-state index in [0.717, 1.165) is 79.7 Å². The predicted molar refractivity (Wildman–Crippen MR) is 162 cm³/mol. The minimum Gasteiger partial charge on any atom is -0.496 e. The highest BCUT2D eigenvalue weighted by Crippen LogP contribution is 2.44. The van der Waals surface area contributed by atoms with Gasteiger partial charge in [0.1, 0.15) is 12.1 Å². The molecule has 0 amide bonds. The quantitative estimate of drug-likeness (QED) is 0.145. The number of H-pyrrole nitrogens is 1. The van der Waals surface area contributed by atoms with Gasteiger partial charge in [0, 0.05) is 45.5 Å². The molecule has 0 spiro atoms. The molecular weight excluding hydrogens is 530 g/mol. The van der Waals surface area contributed by atoms with Crippen LogP contribution in [0.1, 0.15) is 31.4 Å². The number of halogens is 1. The Balaban J connectivity index is 1.35. The average molecular weight is 560 g/mol. The zero-order valence-electron chi connectivity index (χ0n) is 22.0. The van der Waals surface area contributed by atoms with Gasteiger partial charge in [-0.2, -0.15) is 5.10 Å². The van der Waals surface area contributed by atoms with E-state index in [0.29, 0.717) is 0 Å². The summed E-state index contributed by atoms with van der Waals surface area (Å²) < 4.78 is 5.75. The Morgan fingerprint density at radius 3 is 2.77 bits per heavy atom. The van der Waals surface area contributed by atoms with Gasteiger partial charge in [0.25, 0.3) is 0 Å². The van der Waals surface area contributed by atoms with Crippen molar-refractivity contribution in [2.45, 2.75) is 26.7 Å². The summed E-state index contributed by atoms with van der Waals surface area (Å²) in [6.45, 7) is 4.13. The third-order valence-electron chi connectivity index (χ3n) is 6.75. The summed E-state index contributed by atoms with van der Waals surface area (Å²) >= 11 is 8.47. The van der Waals surface area contributed by atoms with E-state index in [1.165, 1.54) is 11.2 Å². The van der Waals surface area contributed by atoms with E-state index in [-0.39, 0.29) is 5.92 Å². The van der Waals surface area contributed by atoms with Crippen molar-refractivity contribution in [2.75, 3.05) is 18.2 Å². The Bertz CT molecular complexity index is 1570. The molecule has 3 heterocycles. The first-order valence-electron chi connectivity index (χ1n) is 12.7. The first-order valence-corrected chi connectivity index (χ1v) is 14.0. The second kappa shape index (κ2) is 11.9. The van der Waals surface area contributed by atoms with Gasteiger partial charge >= 0.3 is 0 Å². The first-order chi connectivity index (χ1) is 19.0. The number of hydrogen-bond donors (Lipinski definition) is 3.